The van der Waals surface area contributed by atoms with Crippen molar-refractivity contribution in [1.29, 1.82) is 0 Å². The molecule has 1 aliphatic carbocycles. The summed E-state index contributed by atoms with van der Waals surface area (Å²) in [6.45, 7) is 2.64. The Labute approximate surface area is 262 Å². The standard InChI is InChI=1S/C26H26F3N5O3.C7H6O2/c1-12-10-34(11-17(30)25(12)36)24-13-5-8-20(35)22(13)31-9-19(24)33-26(37)18-7-6-16(29)23(32-18)21-14(27)3-2-4-15(21)28;8-7(9)6-4-2-1-3-5-6/h2-4,6-7,9,12,17,20,25,35-36H,5,8,10-11,30H2,1H3,(H,33,37);1-5H,(H,8,9)/t12-,17+,20?,25+;/m0./s1. The van der Waals surface area contributed by atoms with Crippen LogP contribution in [-0.2, 0) is 6.42 Å². The van der Waals surface area contributed by atoms with Gasteiger partial charge in [-0.2, -0.15) is 0 Å². The number of nitrogens with zero attached hydrogens (tertiary/aromatic N) is 3. The van der Waals surface area contributed by atoms with Crippen LogP contribution in [0.15, 0.2) is 66.9 Å². The number of rotatable bonds is 5. The molecule has 3 heterocycles. The van der Waals surface area contributed by atoms with E-state index in [0.29, 0.717) is 48.6 Å². The van der Waals surface area contributed by atoms with Crippen molar-refractivity contribution in [3.63, 3.8) is 0 Å². The summed E-state index contributed by atoms with van der Waals surface area (Å²) in [4.78, 5) is 33.6. The van der Waals surface area contributed by atoms with Crippen molar-refractivity contribution in [2.75, 3.05) is 23.3 Å². The van der Waals surface area contributed by atoms with E-state index in [0.717, 1.165) is 35.9 Å². The maximum absolute atomic E-state index is 14.5. The van der Waals surface area contributed by atoms with Gasteiger partial charge in [0, 0.05) is 30.6 Å². The van der Waals surface area contributed by atoms with Crippen molar-refractivity contribution < 1.29 is 38.1 Å². The van der Waals surface area contributed by atoms with E-state index >= 15 is 0 Å². The molecular weight excluding hydrogens is 603 g/mol. The highest BCUT2D eigenvalue weighted by molar-refractivity contribution is 6.05. The van der Waals surface area contributed by atoms with Gasteiger partial charge in [0.15, 0.2) is 0 Å². The lowest BCUT2D eigenvalue weighted by atomic mass is 9.92. The van der Waals surface area contributed by atoms with E-state index in [2.05, 4.69) is 15.3 Å². The Morgan fingerprint density at radius 2 is 1.65 bits per heavy atom. The zero-order valence-electron chi connectivity index (χ0n) is 24.7. The van der Waals surface area contributed by atoms with Crippen LogP contribution in [0.3, 0.4) is 0 Å². The van der Waals surface area contributed by atoms with Crippen molar-refractivity contribution in [1.82, 2.24) is 9.97 Å². The Bertz CT molecular complexity index is 1730. The summed E-state index contributed by atoms with van der Waals surface area (Å²) in [6, 6.07) is 12.9. The molecule has 1 amide bonds. The molecule has 1 saturated heterocycles. The van der Waals surface area contributed by atoms with E-state index in [4.69, 9.17) is 10.8 Å². The number of aliphatic hydroxyl groups is 2. The molecule has 1 aliphatic heterocycles. The van der Waals surface area contributed by atoms with Gasteiger partial charge in [0.2, 0.25) is 0 Å². The average Bonchev–Trinajstić information content (AvgIpc) is 3.41. The quantitative estimate of drug-likeness (QED) is 0.215. The topological polar surface area (TPSA) is 162 Å². The third-order valence-corrected chi connectivity index (χ3v) is 7.99. The number of halogens is 3. The molecule has 0 spiro atoms. The molecule has 1 unspecified atom stereocenters. The maximum atomic E-state index is 14.5. The Morgan fingerprint density at radius 1 is 0.957 bits per heavy atom. The van der Waals surface area contributed by atoms with E-state index in [1.165, 1.54) is 6.20 Å². The number of hydrogen-bond donors (Lipinski definition) is 5. The highest BCUT2D eigenvalue weighted by Gasteiger charge is 2.36. The van der Waals surface area contributed by atoms with E-state index in [1.807, 2.05) is 11.8 Å². The number of benzene rings is 2. The lowest BCUT2D eigenvalue weighted by Gasteiger charge is -2.41. The van der Waals surface area contributed by atoms with E-state index in [-0.39, 0.29) is 11.6 Å². The van der Waals surface area contributed by atoms with Gasteiger partial charge in [-0.05, 0) is 49.2 Å². The molecule has 10 nitrogen and oxygen atoms in total. The largest absolute Gasteiger partial charge is 0.478 e. The van der Waals surface area contributed by atoms with Crippen LogP contribution in [-0.4, -0.2) is 62.4 Å². The van der Waals surface area contributed by atoms with Gasteiger partial charge < -0.3 is 31.3 Å². The van der Waals surface area contributed by atoms with Gasteiger partial charge in [0.05, 0.1) is 46.6 Å². The SMILES string of the molecule is C[C@H]1CN(c2c(NC(=O)c3ccc(F)c(-c4c(F)cccc4F)n3)cnc3c2CCC3O)C[C@@H](N)[C@@H]1O.O=C(O)c1ccccc1. The van der Waals surface area contributed by atoms with Crippen LogP contribution in [0.1, 0.15) is 51.6 Å². The summed E-state index contributed by atoms with van der Waals surface area (Å²) >= 11 is 0. The molecule has 0 radical (unpaired) electrons. The number of nitrogens with one attached hydrogen (secondary N) is 1. The number of carboxylic acid groups (broad SMARTS) is 1. The summed E-state index contributed by atoms with van der Waals surface area (Å²) in [5.41, 5.74) is 7.18. The first kappa shape index (κ1) is 32.5. The number of carbonyl (C=O) groups excluding carboxylic acids is 1. The molecule has 6 rings (SSSR count). The fraction of sp³-hybridized carbons (Fsp3) is 0.273. The van der Waals surface area contributed by atoms with Gasteiger partial charge in [-0.3, -0.25) is 9.78 Å². The molecule has 4 aromatic rings. The van der Waals surface area contributed by atoms with Crippen LogP contribution >= 0.6 is 0 Å². The summed E-state index contributed by atoms with van der Waals surface area (Å²) < 4.78 is 43.1. The van der Waals surface area contributed by atoms with E-state index in [1.54, 1.807) is 30.3 Å². The predicted octanol–water partition coefficient (Wildman–Crippen LogP) is 4.32. The third kappa shape index (κ3) is 6.71. The molecule has 2 aromatic heterocycles. The van der Waals surface area contributed by atoms with Crippen LogP contribution in [0.5, 0.6) is 0 Å². The highest BCUT2D eigenvalue weighted by Crippen LogP contribution is 2.41. The Morgan fingerprint density at radius 3 is 2.28 bits per heavy atom. The zero-order valence-corrected chi connectivity index (χ0v) is 24.7. The predicted molar refractivity (Wildman–Crippen MR) is 164 cm³/mol. The summed E-state index contributed by atoms with van der Waals surface area (Å²) in [5, 5.41) is 31.8. The van der Waals surface area contributed by atoms with Gasteiger partial charge in [0.1, 0.15) is 28.8 Å². The molecule has 0 bridgehead atoms. The number of piperidine rings is 1. The first-order valence-electron chi connectivity index (χ1n) is 14.5. The van der Waals surface area contributed by atoms with Crippen LogP contribution in [0, 0.1) is 23.4 Å². The highest BCUT2D eigenvalue weighted by atomic mass is 19.1. The van der Waals surface area contributed by atoms with Gasteiger partial charge in [-0.1, -0.05) is 31.2 Å². The first-order chi connectivity index (χ1) is 22.0. The van der Waals surface area contributed by atoms with Crippen molar-refractivity contribution in [3.05, 3.63) is 107 Å². The van der Waals surface area contributed by atoms with Crippen molar-refractivity contribution >= 4 is 23.3 Å². The molecular formula is C33H32F3N5O5. The van der Waals surface area contributed by atoms with E-state index < -0.39 is 58.8 Å². The molecule has 13 heteroatoms. The second-order valence-electron chi connectivity index (χ2n) is 11.2. The number of carboxylic acids is 1. The number of carbonyl (C=O) groups is 2. The number of amides is 1. The monoisotopic (exact) mass is 635 g/mol. The second-order valence-corrected chi connectivity index (χ2v) is 11.2. The molecule has 240 valence electrons. The van der Waals surface area contributed by atoms with Gasteiger partial charge in [-0.15, -0.1) is 0 Å². The average molecular weight is 636 g/mol. The smallest absolute Gasteiger partial charge is 0.335 e. The van der Waals surface area contributed by atoms with Crippen LogP contribution in [0.2, 0.25) is 0 Å². The van der Waals surface area contributed by atoms with Crippen molar-refractivity contribution in [2.45, 2.75) is 38.0 Å². The molecule has 4 atom stereocenters. The fourth-order valence-corrected chi connectivity index (χ4v) is 5.69. The van der Waals surface area contributed by atoms with Gasteiger partial charge in [0.25, 0.3) is 5.91 Å². The minimum atomic E-state index is -1.01. The first-order valence-corrected chi connectivity index (χ1v) is 14.5. The maximum Gasteiger partial charge on any atom is 0.335 e. The van der Waals surface area contributed by atoms with Crippen LogP contribution in [0.25, 0.3) is 11.3 Å². The Balaban J connectivity index is 0.000000400. The second kappa shape index (κ2) is 13.6. The number of hydrogen-bond acceptors (Lipinski definition) is 8. The number of pyridine rings is 2. The molecule has 0 saturated carbocycles. The van der Waals surface area contributed by atoms with Crippen molar-refractivity contribution in [3.8, 4) is 11.3 Å². The Hall–Kier alpha value is -4.85. The number of aromatic carboxylic acids is 1. The van der Waals surface area contributed by atoms with Crippen LogP contribution in [0.4, 0.5) is 24.5 Å². The normalized spacial score (nSPS) is 20.4. The van der Waals surface area contributed by atoms with Gasteiger partial charge in [-0.25, -0.2) is 22.9 Å². The zero-order chi connectivity index (χ0) is 33.1. The van der Waals surface area contributed by atoms with Crippen LogP contribution < -0.4 is 16.0 Å². The molecule has 46 heavy (non-hydrogen) atoms. The summed E-state index contributed by atoms with van der Waals surface area (Å²) in [7, 11) is 0. The fourth-order valence-electron chi connectivity index (χ4n) is 5.69. The lowest BCUT2D eigenvalue weighted by Crippen LogP contribution is -2.56. The number of aliphatic hydroxyl groups excluding tert-OH is 2. The lowest BCUT2D eigenvalue weighted by molar-refractivity contribution is 0.0696. The minimum absolute atomic E-state index is 0.153. The summed E-state index contributed by atoms with van der Waals surface area (Å²) in [6.07, 6.45) is 0.994. The number of nitrogens with two attached hydrogens (primary N) is 1. The van der Waals surface area contributed by atoms with Gasteiger partial charge >= 0.3 is 5.97 Å². The number of fused-ring (bicyclic) bond motifs is 1. The summed E-state index contributed by atoms with van der Waals surface area (Å²) in [5.74, 6) is -4.77. The molecule has 2 aliphatic rings. The molecule has 2 aromatic carbocycles. The Kier molecular flexibility index (Phi) is 9.65. The van der Waals surface area contributed by atoms with Crippen molar-refractivity contribution in [2.24, 2.45) is 11.7 Å². The minimum Gasteiger partial charge on any atom is -0.478 e. The number of aromatic nitrogens is 2. The number of anilines is 2. The third-order valence-electron chi connectivity index (χ3n) is 7.99. The molecule has 6 N–H and O–H groups in total. The molecule has 1 fully saturated rings. The van der Waals surface area contributed by atoms with E-state index in [9.17, 15) is 33.0 Å².